The van der Waals surface area contributed by atoms with Crippen LogP contribution >= 0.6 is 0 Å². The second-order valence-corrected chi connectivity index (χ2v) is 31.7. The molecule has 25 nitrogen and oxygen atoms in total. The van der Waals surface area contributed by atoms with Crippen LogP contribution in [0.3, 0.4) is 0 Å². The molecule has 2 unspecified atom stereocenters. The molecule has 3 N–H and O–H groups in total. The first kappa shape index (κ1) is 86.2. The fraction of sp³-hybridized carbons (Fsp3) is 0.816. The summed E-state index contributed by atoms with van der Waals surface area (Å²) in [5, 5.41) is 8.64. The van der Waals surface area contributed by atoms with Crippen molar-refractivity contribution in [1.29, 1.82) is 0 Å². The highest BCUT2D eigenvalue weighted by Gasteiger charge is 2.56. The molecule has 2 bridgehead atoms. The number of fused-ring (bicyclic) bond motifs is 3. The number of hydrogen-bond donors (Lipinski definition) is 3. The average molecular weight is 1510 g/mol. The van der Waals surface area contributed by atoms with Crippen LogP contribution in [0.1, 0.15) is 195 Å². The zero-order valence-corrected chi connectivity index (χ0v) is 64.9. The number of amides is 12. The summed E-state index contributed by atoms with van der Waals surface area (Å²) in [4.78, 5) is 193. The monoisotopic (exact) mass is 1500 g/mol. The molecule has 106 heavy (non-hydrogen) atoms. The van der Waals surface area contributed by atoms with Gasteiger partial charge >= 0.3 is 6.18 Å². The SMILES string of the molecule is CCO[C@@H]1C[C@H]2C(=O)NC3(CCC3)C(=O)N(C)[C@@H](C(CC)CC)C(=O)N(C)[C@H](C(=O)N(C)C)CC(=O)N(C)[C@@H](CC3CCCC3)C(=O)N[C@@H]([C@@H](C)CC)C(=O)N(C)CC(=O)N(C)[C@H]3C/C=C\CCN(C3=O)[C@@H](CC3CCCCC3)C(=O)N(C)CC(=O)N[C@@H](CCC3CC(F)C(C(F)(F)F)C(F)C3)C(=O)N2C1. The van der Waals surface area contributed by atoms with E-state index in [2.05, 4.69) is 16.0 Å². The third-order valence-corrected chi connectivity index (χ3v) is 24.3. The molecule has 0 aromatic rings. The van der Waals surface area contributed by atoms with Crippen LogP contribution in [0, 0.1) is 35.5 Å². The number of alkyl halides is 5. The summed E-state index contributed by atoms with van der Waals surface area (Å²) >= 11 is 0. The van der Waals surface area contributed by atoms with Crippen molar-refractivity contribution in [2.75, 3.05) is 89.2 Å². The van der Waals surface area contributed by atoms with Gasteiger partial charge in [0.1, 0.15) is 72.1 Å². The molecule has 3 aliphatic heterocycles. The summed E-state index contributed by atoms with van der Waals surface area (Å²) in [6.07, 6.45) is -0.456. The summed E-state index contributed by atoms with van der Waals surface area (Å²) in [5.74, 6) is -13.4. The minimum Gasteiger partial charge on any atom is -0.377 e. The summed E-state index contributed by atoms with van der Waals surface area (Å²) < 4.78 is 78.9. The van der Waals surface area contributed by atoms with Crippen molar-refractivity contribution < 1.29 is 84.2 Å². The third-order valence-electron chi connectivity index (χ3n) is 24.3. The quantitative estimate of drug-likeness (QED) is 0.119. The van der Waals surface area contributed by atoms with Crippen molar-refractivity contribution in [3.05, 3.63) is 12.2 Å². The molecule has 1 spiro atoms. The highest BCUT2D eigenvalue weighted by molar-refractivity contribution is 6.01. The summed E-state index contributed by atoms with van der Waals surface area (Å²) in [5.41, 5.74) is -1.66. The first-order valence-corrected chi connectivity index (χ1v) is 38.9. The van der Waals surface area contributed by atoms with Crippen molar-refractivity contribution in [3.63, 3.8) is 0 Å². The summed E-state index contributed by atoms with van der Waals surface area (Å²) in [6.45, 7) is 7.62. The van der Waals surface area contributed by atoms with E-state index in [1.165, 1.54) is 90.7 Å². The normalized spacial score (nSPS) is 31.0. The third kappa shape index (κ3) is 20.9. The lowest BCUT2D eigenvalue weighted by atomic mass is 9.74. The summed E-state index contributed by atoms with van der Waals surface area (Å²) in [6, 6.07) is -10.6. The molecule has 12 atom stereocenters. The van der Waals surface area contributed by atoms with Gasteiger partial charge in [-0.05, 0) is 107 Å². The van der Waals surface area contributed by atoms with Crippen LogP contribution < -0.4 is 16.0 Å². The van der Waals surface area contributed by atoms with Gasteiger partial charge < -0.3 is 64.8 Å². The predicted octanol–water partition coefficient (Wildman–Crippen LogP) is 6.34. The molecule has 2 saturated heterocycles. The van der Waals surface area contributed by atoms with Gasteiger partial charge in [0.05, 0.1) is 25.6 Å². The van der Waals surface area contributed by atoms with E-state index >= 15 is 47.1 Å². The first-order valence-electron chi connectivity index (χ1n) is 38.9. The van der Waals surface area contributed by atoms with Gasteiger partial charge in [0.15, 0.2) is 0 Å². The van der Waals surface area contributed by atoms with E-state index in [-0.39, 0.29) is 82.9 Å². The van der Waals surface area contributed by atoms with Crippen LogP contribution in [-0.4, -0.2) is 283 Å². The highest BCUT2D eigenvalue weighted by Crippen LogP contribution is 2.45. The Bertz CT molecular complexity index is 3110. The number of halogens is 5. The van der Waals surface area contributed by atoms with Crippen molar-refractivity contribution in [1.82, 2.24) is 60.0 Å². The lowest BCUT2D eigenvalue weighted by molar-refractivity contribution is -0.219. The number of nitrogens with one attached hydrogen (secondary N) is 3. The Balaban J connectivity index is 1.32. The summed E-state index contributed by atoms with van der Waals surface area (Å²) in [7, 11) is 11.4. The molecule has 3 heterocycles. The number of ether oxygens (including phenoxy) is 1. The predicted molar refractivity (Wildman–Crippen MR) is 385 cm³/mol. The fourth-order valence-corrected chi connectivity index (χ4v) is 17.3. The Hall–Kier alpha value is -7.01. The van der Waals surface area contributed by atoms with Crippen LogP contribution in [-0.2, 0) is 62.3 Å². The largest absolute Gasteiger partial charge is 0.397 e. The Kier molecular flexibility index (Phi) is 31.2. The van der Waals surface area contributed by atoms with E-state index in [4.69, 9.17) is 4.74 Å². The molecule has 7 rings (SSSR count). The van der Waals surface area contributed by atoms with Gasteiger partial charge in [-0.1, -0.05) is 117 Å². The molecule has 12 amide bonds. The van der Waals surface area contributed by atoms with Crippen molar-refractivity contribution in [3.8, 4) is 0 Å². The van der Waals surface area contributed by atoms with E-state index in [0.717, 1.165) is 67.6 Å². The molecule has 0 radical (unpaired) electrons. The van der Waals surface area contributed by atoms with Crippen molar-refractivity contribution in [2.24, 2.45) is 35.5 Å². The van der Waals surface area contributed by atoms with E-state index in [9.17, 15) is 32.3 Å². The Morgan fingerprint density at radius 2 is 1.22 bits per heavy atom. The molecular formula is C76H121F5N12O13. The maximum Gasteiger partial charge on any atom is 0.397 e. The minimum absolute atomic E-state index is 0.00399. The van der Waals surface area contributed by atoms with Gasteiger partial charge in [0.25, 0.3) is 0 Å². The highest BCUT2D eigenvalue weighted by atomic mass is 19.4. The van der Waals surface area contributed by atoms with Crippen LogP contribution in [0.2, 0.25) is 0 Å². The smallest absolute Gasteiger partial charge is 0.377 e. The number of rotatable bonds is 15. The molecule has 598 valence electrons. The van der Waals surface area contributed by atoms with Gasteiger partial charge in [-0.2, -0.15) is 13.2 Å². The first-order chi connectivity index (χ1) is 50.0. The number of nitrogens with zero attached hydrogens (tertiary/aromatic N) is 9. The van der Waals surface area contributed by atoms with Crippen LogP contribution in [0.5, 0.6) is 0 Å². The average Bonchev–Trinajstić information content (AvgIpc) is 1.10. The number of likely N-dealkylation sites (N-methyl/N-ethyl adjacent to an activating group) is 7. The van der Waals surface area contributed by atoms with Gasteiger partial charge in [0.2, 0.25) is 70.9 Å². The van der Waals surface area contributed by atoms with Gasteiger partial charge in [0, 0.05) is 82.5 Å². The van der Waals surface area contributed by atoms with Gasteiger partial charge in [-0.25, -0.2) is 8.78 Å². The topological polar surface area (TPSA) is 279 Å². The number of hydrogen-bond acceptors (Lipinski definition) is 13. The minimum atomic E-state index is -5.17. The van der Waals surface area contributed by atoms with E-state index < -0.39 is 205 Å². The van der Waals surface area contributed by atoms with Gasteiger partial charge in [-0.3, -0.25) is 57.5 Å². The Morgan fingerprint density at radius 3 is 1.77 bits per heavy atom. The molecule has 4 aliphatic carbocycles. The molecule has 7 aliphatic rings. The molecular weight excluding hydrogens is 1380 g/mol. The molecule has 6 fully saturated rings. The zero-order chi connectivity index (χ0) is 78.4. The maximum absolute atomic E-state index is 15.6. The van der Waals surface area contributed by atoms with Crippen molar-refractivity contribution in [2.45, 2.75) is 274 Å². The molecule has 0 aromatic carbocycles. The number of carbonyl (C=O) groups is 12. The lowest BCUT2D eigenvalue weighted by Crippen LogP contribution is -2.68. The molecule has 30 heteroatoms. The van der Waals surface area contributed by atoms with E-state index in [0.29, 0.717) is 32.1 Å². The van der Waals surface area contributed by atoms with E-state index in [1.807, 2.05) is 26.8 Å². The van der Waals surface area contributed by atoms with E-state index in [1.54, 1.807) is 19.9 Å². The fourth-order valence-electron chi connectivity index (χ4n) is 17.3. The zero-order valence-electron chi connectivity index (χ0n) is 64.9. The van der Waals surface area contributed by atoms with Gasteiger partial charge in [-0.15, -0.1) is 0 Å². The molecule has 0 aromatic heterocycles. The van der Waals surface area contributed by atoms with Crippen LogP contribution in [0.4, 0.5) is 22.0 Å². The second-order valence-electron chi connectivity index (χ2n) is 31.7. The molecule has 4 saturated carbocycles. The van der Waals surface area contributed by atoms with Crippen LogP contribution in [0.25, 0.3) is 0 Å². The Labute approximate surface area is 623 Å². The second kappa shape index (κ2) is 38.4. The van der Waals surface area contributed by atoms with Crippen molar-refractivity contribution >= 4 is 70.9 Å². The standard InChI is InChI=1S/C76H121F5N12O13/c1-14-46(5)64-72(103)87(9)45-62(96)88(10)55-31-22-19-25-36-92(71(55)102)59(40-48-27-20-18-21-28-48)70(101)86(8)44-60(94)82-54(33-32-49-37-52(77)63(53(78)38-49)76(79,80)81)68(99)93-43-51(106-17-4)41-57(93)67(98)84-75(34-26-35-75)74(105)91(13)65(50(15-2)16-3)73(104)90(12)58(69(100)85(6)7)42-61(95)89(11)56(66(97)83-64)39-47-29-23-24-30-47/h19,22,46-59,63-65H,14-18,20-21,23-45H2,1-13H3,(H,82,94)(H,83,97)(H,84,98)/b22-19-/t46-,49?,51+,52?,53?,54-,55-,56-,57-,58-,59-,63?,64-,65-/m0/s1. The Morgan fingerprint density at radius 1 is 0.623 bits per heavy atom. The lowest BCUT2D eigenvalue weighted by Gasteiger charge is -2.47. The number of carbonyl (C=O) groups excluding carboxylic acids is 12. The van der Waals surface area contributed by atoms with Crippen LogP contribution in [0.15, 0.2) is 12.2 Å². The maximum atomic E-state index is 15.6.